The monoisotopic (exact) mass is 237 g/mol. The van der Waals surface area contributed by atoms with Crippen molar-refractivity contribution in [3.63, 3.8) is 0 Å². The first kappa shape index (κ1) is 12.2. The molecule has 4 nitrogen and oxygen atoms in total. The van der Waals surface area contributed by atoms with E-state index in [9.17, 15) is 9.90 Å². The van der Waals surface area contributed by atoms with Crippen LogP contribution in [-0.2, 0) is 4.79 Å². The van der Waals surface area contributed by atoms with E-state index in [0.29, 0.717) is 0 Å². The minimum Gasteiger partial charge on any atom is -0.480 e. The van der Waals surface area contributed by atoms with Crippen molar-refractivity contribution in [2.75, 3.05) is 6.54 Å². The predicted octanol–water partition coefficient (Wildman–Crippen LogP) is 2.67. The van der Waals surface area contributed by atoms with Crippen molar-refractivity contribution in [1.82, 2.24) is 4.90 Å². The molecule has 0 radical (unpaired) electrons. The van der Waals surface area contributed by atoms with Crippen LogP contribution in [0, 0.1) is 0 Å². The Morgan fingerprint density at radius 3 is 3.00 bits per heavy atom. The van der Waals surface area contributed by atoms with E-state index >= 15 is 0 Å². The van der Waals surface area contributed by atoms with Crippen molar-refractivity contribution >= 4 is 5.97 Å². The van der Waals surface area contributed by atoms with E-state index in [1.165, 1.54) is 0 Å². The van der Waals surface area contributed by atoms with Crippen LogP contribution >= 0.6 is 0 Å². The summed E-state index contributed by atoms with van der Waals surface area (Å²) in [4.78, 5) is 13.4. The Balaban J connectivity index is 2.17. The van der Waals surface area contributed by atoms with E-state index in [4.69, 9.17) is 4.42 Å². The minimum absolute atomic E-state index is 0.0317. The molecule has 0 amide bonds. The molecule has 2 heterocycles. The Kier molecular flexibility index (Phi) is 3.84. The third-order valence-electron chi connectivity index (χ3n) is 3.53. The molecular weight excluding hydrogens is 218 g/mol. The Labute approximate surface area is 101 Å². The number of hydrogen-bond acceptors (Lipinski definition) is 3. The number of likely N-dealkylation sites (tertiary alicyclic amines) is 1. The second kappa shape index (κ2) is 5.36. The molecule has 0 bridgehead atoms. The quantitative estimate of drug-likeness (QED) is 0.878. The number of carbonyl (C=O) groups is 1. The highest BCUT2D eigenvalue weighted by molar-refractivity contribution is 5.73. The van der Waals surface area contributed by atoms with Crippen molar-refractivity contribution in [2.45, 2.75) is 44.7 Å². The maximum absolute atomic E-state index is 11.3. The summed E-state index contributed by atoms with van der Waals surface area (Å²) in [7, 11) is 0. The fourth-order valence-electron chi connectivity index (χ4n) is 2.55. The molecule has 0 saturated carbocycles. The Morgan fingerprint density at radius 1 is 1.53 bits per heavy atom. The van der Waals surface area contributed by atoms with Crippen LogP contribution in [-0.4, -0.2) is 28.6 Å². The number of furan rings is 1. The van der Waals surface area contributed by atoms with Gasteiger partial charge in [0.15, 0.2) is 0 Å². The van der Waals surface area contributed by atoms with Crippen LogP contribution in [0.1, 0.15) is 44.4 Å². The first-order valence-electron chi connectivity index (χ1n) is 6.22. The Morgan fingerprint density at radius 2 is 2.35 bits per heavy atom. The van der Waals surface area contributed by atoms with Crippen molar-refractivity contribution in [3.05, 3.63) is 24.2 Å². The molecule has 2 unspecified atom stereocenters. The first-order valence-corrected chi connectivity index (χ1v) is 6.22. The summed E-state index contributed by atoms with van der Waals surface area (Å²) in [5, 5.41) is 9.31. The summed E-state index contributed by atoms with van der Waals surface area (Å²) < 4.78 is 5.38. The molecule has 1 fully saturated rings. The molecule has 1 aliphatic heterocycles. The zero-order valence-electron chi connectivity index (χ0n) is 10.1. The van der Waals surface area contributed by atoms with Gasteiger partial charge in [0, 0.05) is 0 Å². The van der Waals surface area contributed by atoms with Gasteiger partial charge in [-0.1, -0.05) is 12.8 Å². The van der Waals surface area contributed by atoms with Crippen molar-refractivity contribution < 1.29 is 14.3 Å². The lowest BCUT2D eigenvalue weighted by Gasteiger charge is -2.31. The molecule has 17 heavy (non-hydrogen) atoms. The molecule has 0 aliphatic carbocycles. The zero-order valence-corrected chi connectivity index (χ0v) is 10.1. The maximum Gasteiger partial charge on any atom is 0.320 e. The first-order chi connectivity index (χ1) is 8.20. The molecule has 1 N–H and O–H groups in total. The number of nitrogens with zero attached hydrogens (tertiary/aromatic N) is 1. The molecule has 2 atom stereocenters. The molecule has 1 aromatic heterocycles. The molecule has 1 aromatic rings. The van der Waals surface area contributed by atoms with Gasteiger partial charge in [0.25, 0.3) is 0 Å². The maximum atomic E-state index is 11.3. The third kappa shape index (κ3) is 2.69. The van der Waals surface area contributed by atoms with Gasteiger partial charge in [0.1, 0.15) is 11.8 Å². The van der Waals surface area contributed by atoms with Crippen LogP contribution in [0.3, 0.4) is 0 Å². The highest BCUT2D eigenvalue weighted by atomic mass is 16.4. The van der Waals surface area contributed by atoms with Crippen LogP contribution in [0.15, 0.2) is 22.8 Å². The molecule has 0 aromatic carbocycles. The van der Waals surface area contributed by atoms with E-state index < -0.39 is 5.97 Å². The third-order valence-corrected chi connectivity index (χ3v) is 3.53. The van der Waals surface area contributed by atoms with E-state index in [-0.39, 0.29) is 12.1 Å². The minimum atomic E-state index is -0.717. The van der Waals surface area contributed by atoms with Crippen molar-refractivity contribution in [1.29, 1.82) is 0 Å². The van der Waals surface area contributed by atoms with Gasteiger partial charge in [0.2, 0.25) is 0 Å². The van der Waals surface area contributed by atoms with Crippen molar-refractivity contribution in [3.8, 4) is 0 Å². The van der Waals surface area contributed by atoms with Gasteiger partial charge < -0.3 is 9.52 Å². The molecule has 2 rings (SSSR count). The summed E-state index contributed by atoms with van der Waals surface area (Å²) in [6.45, 7) is 2.85. The molecule has 0 spiro atoms. The number of hydrogen-bond donors (Lipinski definition) is 1. The lowest BCUT2D eigenvalue weighted by molar-refractivity contribution is -0.144. The van der Waals surface area contributed by atoms with Gasteiger partial charge in [-0.05, 0) is 38.4 Å². The standard InChI is InChI=1S/C13H19NO3/c1-10(12-7-5-9-17-12)14-8-4-2-3-6-11(14)13(15)16/h5,7,9-11H,2-4,6,8H2,1H3,(H,15,16). The van der Waals surface area contributed by atoms with Gasteiger partial charge in [-0.15, -0.1) is 0 Å². The van der Waals surface area contributed by atoms with Crippen LogP contribution in [0.5, 0.6) is 0 Å². The second-order valence-electron chi connectivity index (χ2n) is 4.63. The average molecular weight is 237 g/mol. The molecule has 1 saturated heterocycles. The van der Waals surface area contributed by atoms with Crippen LogP contribution in [0.2, 0.25) is 0 Å². The van der Waals surface area contributed by atoms with Gasteiger partial charge >= 0.3 is 5.97 Å². The molecular formula is C13H19NO3. The van der Waals surface area contributed by atoms with Crippen LogP contribution in [0.4, 0.5) is 0 Å². The predicted molar refractivity (Wildman–Crippen MR) is 63.7 cm³/mol. The molecule has 4 heteroatoms. The lowest BCUT2D eigenvalue weighted by Crippen LogP contribution is -2.42. The summed E-state index contributed by atoms with van der Waals surface area (Å²) in [5.41, 5.74) is 0. The van der Waals surface area contributed by atoms with Crippen LogP contribution < -0.4 is 0 Å². The topological polar surface area (TPSA) is 53.7 Å². The smallest absolute Gasteiger partial charge is 0.320 e. The average Bonchev–Trinajstić information content (AvgIpc) is 2.71. The molecule has 1 aliphatic rings. The number of rotatable bonds is 3. The second-order valence-corrected chi connectivity index (χ2v) is 4.63. The number of carboxylic acid groups (broad SMARTS) is 1. The van der Waals surface area contributed by atoms with E-state index in [2.05, 4.69) is 0 Å². The van der Waals surface area contributed by atoms with Gasteiger partial charge in [0.05, 0.1) is 12.3 Å². The number of carboxylic acids is 1. The Hall–Kier alpha value is -1.29. The van der Waals surface area contributed by atoms with E-state index in [1.54, 1.807) is 6.26 Å². The largest absolute Gasteiger partial charge is 0.480 e. The lowest BCUT2D eigenvalue weighted by atomic mass is 10.1. The van der Waals surface area contributed by atoms with E-state index in [1.807, 2.05) is 24.0 Å². The fraction of sp³-hybridized carbons (Fsp3) is 0.615. The number of aliphatic carboxylic acids is 1. The zero-order chi connectivity index (χ0) is 12.3. The van der Waals surface area contributed by atoms with E-state index in [0.717, 1.165) is 38.0 Å². The molecule has 94 valence electrons. The summed E-state index contributed by atoms with van der Waals surface area (Å²) in [6.07, 6.45) is 5.55. The van der Waals surface area contributed by atoms with Gasteiger partial charge in [-0.2, -0.15) is 0 Å². The summed E-state index contributed by atoms with van der Waals surface area (Å²) in [6, 6.07) is 3.41. The van der Waals surface area contributed by atoms with Gasteiger partial charge in [-0.3, -0.25) is 9.69 Å². The Bertz CT molecular complexity index is 361. The summed E-state index contributed by atoms with van der Waals surface area (Å²) >= 11 is 0. The fourth-order valence-corrected chi connectivity index (χ4v) is 2.55. The normalized spacial score (nSPS) is 24.2. The highest BCUT2D eigenvalue weighted by Crippen LogP contribution is 2.28. The van der Waals surface area contributed by atoms with Crippen molar-refractivity contribution in [2.24, 2.45) is 0 Å². The summed E-state index contributed by atoms with van der Waals surface area (Å²) in [5.74, 6) is 0.128. The van der Waals surface area contributed by atoms with Gasteiger partial charge in [-0.25, -0.2) is 0 Å². The van der Waals surface area contributed by atoms with Crippen LogP contribution in [0.25, 0.3) is 0 Å². The highest BCUT2D eigenvalue weighted by Gasteiger charge is 2.31. The SMILES string of the molecule is CC(c1ccco1)N1CCCCCC1C(=O)O.